The van der Waals surface area contributed by atoms with Crippen LogP contribution in [0.2, 0.25) is 0 Å². The molecule has 1 aromatic heterocycles. The molecule has 2 N–H and O–H groups in total. The Balaban J connectivity index is 2.05. The van der Waals surface area contributed by atoms with Gasteiger partial charge < -0.3 is 15.4 Å². The summed E-state index contributed by atoms with van der Waals surface area (Å²) in [6, 6.07) is 11.8. The molecule has 0 bridgehead atoms. The van der Waals surface area contributed by atoms with E-state index in [1.807, 2.05) is 13.8 Å². The number of carbonyl (C=O) groups is 2. The summed E-state index contributed by atoms with van der Waals surface area (Å²) in [4.78, 5) is 28.3. The van der Waals surface area contributed by atoms with E-state index in [9.17, 15) is 9.59 Å². The molecular formula is C19H21N3O3. The van der Waals surface area contributed by atoms with Crippen LogP contribution in [0.3, 0.4) is 0 Å². The maximum absolute atomic E-state index is 12.3. The number of aromatic nitrogens is 1. The fraction of sp³-hybridized carbons (Fsp3) is 0.211. The van der Waals surface area contributed by atoms with Crippen LogP contribution in [0.5, 0.6) is 5.75 Å². The molecular weight excluding hydrogens is 318 g/mol. The second kappa shape index (κ2) is 8.63. The van der Waals surface area contributed by atoms with Crippen molar-refractivity contribution in [2.45, 2.75) is 20.0 Å². The van der Waals surface area contributed by atoms with Gasteiger partial charge in [-0.25, -0.2) is 4.98 Å². The lowest BCUT2D eigenvalue weighted by Gasteiger charge is -2.10. The Morgan fingerprint density at radius 1 is 1.12 bits per heavy atom. The van der Waals surface area contributed by atoms with Gasteiger partial charge in [-0.15, -0.1) is 6.58 Å². The molecule has 1 aromatic carbocycles. The highest BCUT2D eigenvalue weighted by molar-refractivity contribution is 6.03. The lowest BCUT2D eigenvalue weighted by molar-refractivity contribution is 0.0953. The molecule has 2 rings (SSSR count). The molecule has 1 heterocycles. The smallest absolute Gasteiger partial charge is 0.274 e. The summed E-state index contributed by atoms with van der Waals surface area (Å²) in [5.41, 5.74) is 0.952. The molecule has 0 atom stereocenters. The Kier molecular flexibility index (Phi) is 6.28. The van der Waals surface area contributed by atoms with Gasteiger partial charge in [0.05, 0.1) is 6.10 Å². The van der Waals surface area contributed by atoms with Crippen LogP contribution in [-0.4, -0.2) is 29.4 Å². The summed E-state index contributed by atoms with van der Waals surface area (Å²) in [6.07, 6.45) is 1.65. The predicted molar refractivity (Wildman–Crippen MR) is 96.9 cm³/mol. The molecule has 2 aromatic rings. The van der Waals surface area contributed by atoms with E-state index < -0.39 is 5.91 Å². The molecule has 0 saturated heterocycles. The van der Waals surface area contributed by atoms with Crippen LogP contribution in [0.4, 0.5) is 5.69 Å². The van der Waals surface area contributed by atoms with Crippen LogP contribution in [-0.2, 0) is 0 Å². The second-order valence-corrected chi connectivity index (χ2v) is 5.55. The van der Waals surface area contributed by atoms with Crippen molar-refractivity contribution < 1.29 is 14.3 Å². The summed E-state index contributed by atoms with van der Waals surface area (Å²) >= 11 is 0. The number of carbonyl (C=O) groups excluding carboxylic acids is 2. The Morgan fingerprint density at radius 2 is 1.76 bits per heavy atom. The molecule has 6 nitrogen and oxygen atoms in total. The minimum absolute atomic E-state index is 0.0830. The molecule has 0 spiro atoms. The van der Waals surface area contributed by atoms with E-state index in [0.29, 0.717) is 12.2 Å². The van der Waals surface area contributed by atoms with Crippen LogP contribution >= 0.6 is 0 Å². The van der Waals surface area contributed by atoms with Crippen LogP contribution in [0, 0.1) is 0 Å². The number of nitrogens with zero attached hydrogens (tertiary/aromatic N) is 1. The van der Waals surface area contributed by atoms with Crippen LogP contribution < -0.4 is 15.4 Å². The predicted octanol–water partition coefficient (Wildman–Crippen LogP) is 3.04. The van der Waals surface area contributed by atoms with Crippen molar-refractivity contribution in [1.29, 1.82) is 0 Å². The SMILES string of the molecule is C=CCNC(=O)c1cccc(C(=O)Nc2ccc(OC(C)C)cc2)n1. The molecule has 130 valence electrons. The van der Waals surface area contributed by atoms with Crippen molar-refractivity contribution in [3.05, 3.63) is 66.5 Å². The van der Waals surface area contributed by atoms with Gasteiger partial charge in [0.1, 0.15) is 17.1 Å². The number of nitrogens with one attached hydrogen (secondary N) is 2. The van der Waals surface area contributed by atoms with E-state index in [-0.39, 0.29) is 23.4 Å². The van der Waals surface area contributed by atoms with Crippen molar-refractivity contribution in [3.8, 4) is 5.75 Å². The Morgan fingerprint density at radius 3 is 2.36 bits per heavy atom. The van der Waals surface area contributed by atoms with E-state index in [0.717, 1.165) is 5.75 Å². The number of amides is 2. The molecule has 25 heavy (non-hydrogen) atoms. The first-order chi connectivity index (χ1) is 12.0. The first-order valence-electron chi connectivity index (χ1n) is 7.94. The lowest BCUT2D eigenvalue weighted by atomic mass is 10.2. The van der Waals surface area contributed by atoms with Gasteiger partial charge in [0.2, 0.25) is 0 Å². The Bertz CT molecular complexity index is 755. The molecule has 2 amide bonds. The second-order valence-electron chi connectivity index (χ2n) is 5.55. The molecule has 0 unspecified atom stereocenters. The zero-order valence-corrected chi connectivity index (χ0v) is 14.3. The van der Waals surface area contributed by atoms with E-state index in [1.54, 1.807) is 48.5 Å². The van der Waals surface area contributed by atoms with Crippen LogP contribution in [0.25, 0.3) is 0 Å². The number of hydrogen-bond acceptors (Lipinski definition) is 4. The number of hydrogen-bond donors (Lipinski definition) is 2. The highest BCUT2D eigenvalue weighted by atomic mass is 16.5. The van der Waals surface area contributed by atoms with Gasteiger partial charge in [-0.05, 0) is 50.2 Å². The standard InChI is InChI=1S/C19H21N3O3/c1-4-12-20-18(23)16-6-5-7-17(22-16)19(24)21-14-8-10-15(11-9-14)25-13(2)3/h4-11,13H,1,12H2,2-3H3,(H,20,23)(H,21,24). The maximum Gasteiger partial charge on any atom is 0.274 e. The van der Waals surface area contributed by atoms with Crippen LogP contribution in [0.15, 0.2) is 55.1 Å². The summed E-state index contributed by atoms with van der Waals surface area (Å²) in [6.45, 7) is 7.76. The quantitative estimate of drug-likeness (QED) is 0.760. The summed E-state index contributed by atoms with van der Waals surface area (Å²) in [5, 5.41) is 5.36. The topological polar surface area (TPSA) is 80.3 Å². The number of ether oxygens (including phenoxy) is 1. The average molecular weight is 339 g/mol. The van der Waals surface area contributed by atoms with E-state index in [1.165, 1.54) is 0 Å². The third-order valence-electron chi connectivity index (χ3n) is 3.11. The van der Waals surface area contributed by atoms with Gasteiger partial charge in [-0.1, -0.05) is 12.1 Å². The third-order valence-corrected chi connectivity index (χ3v) is 3.11. The van der Waals surface area contributed by atoms with E-state index in [2.05, 4.69) is 22.2 Å². The van der Waals surface area contributed by atoms with Crippen molar-refractivity contribution >= 4 is 17.5 Å². The fourth-order valence-electron chi connectivity index (χ4n) is 2.03. The Labute approximate surface area is 146 Å². The normalized spacial score (nSPS) is 10.2. The van der Waals surface area contributed by atoms with Gasteiger partial charge >= 0.3 is 0 Å². The molecule has 0 aliphatic carbocycles. The average Bonchev–Trinajstić information content (AvgIpc) is 2.61. The largest absolute Gasteiger partial charge is 0.491 e. The van der Waals surface area contributed by atoms with E-state index >= 15 is 0 Å². The summed E-state index contributed by atoms with van der Waals surface area (Å²) in [5.74, 6) is -0.0207. The molecule has 0 saturated carbocycles. The number of anilines is 1. The van der Waals surface area contributed by atoms with Crippen LogP contribution in [0.1, 0.15) is 34.8 Å². The number of rotatable bonds is 7. The number of benzene rings is 1. The molecule has 6 heteroatoms. The van der Waals surface area contributed by atoms with Gasteiger partial charge in [-0.2, -0.15) is 0 Å². The minimum atomic E-state index is -0.393. The van der Waals surface area contributed by atoms with Crippen molar-refractivity contribution in [3.63, 3.8) is 0 Å². The number of pyridine rings is 1. The van der Waals surface area contributed by atoms with Gasteiger partial charge in [-0.3, -0.25) is 9.59 Å². The highest BCUT2D eigenvalue weighted by Crippen LogP contribution is 2.17. The summed E-state index contributed by atoms with van der Waals surface area (Å²) in [7, 11) is 0. The van der Waals surface area contributed by atoms with Gasteiger partial charge in [0.25, 0.3) is 11.8 Å². The first-order valence-corrected chi connectivity index (χ1v) is 7.94. The molecule has 0 aliphatic rings. The molecule has 0 aliphatic heterocycles. The fourth-order valence-corrected chi connectivity index (χ4v) is 2.03. The zero-order chi connectivity index (χ0) is 18.2. The third kappa shape index (κ3) is 5.46. The molecule has 0 radical (unpaired) electrons. The molecule has 0 fully saturated rings. The minimum Gasteiger partial charge on any atom is -0.491 e. The Hall–Kier alpha value is -3.15. The first kappa shape index (κ1) is 18.2. The lowest BCUT2D eigenvalue weighted by Crippen LogP contribution is -2.25. The monoisotopic (exact) mass is 339 g/mol. The maximum atomic E-state index is 12.3. The summed E-state index contributed by atoms with van der Waals surface area (Å²) < 4.78 is 5.56. The highest BCUT2D eigenvalue weighted by Gasteiger charge is 2.12. The van der Waals surface area contributed by atoms with Gasteiger partial charge in [0, 0.05) is 12.2 Å². The van der Waals surface area contributed by atoms with Crippen molar-refractivity contribution in [2.75, 3.05) is 11.9 Å². The van der Waals surface area contributed by atoms with Gasteiger partial charge in [0.15, 0.2) is 0 Å². The van der Waals surface area contributed by atoms with E-state index in [4.69, 9.17) is 4.74 Å². The zero-order valence-electron chi connectivity index (χ0n) is 14.3. The van der Waals surface area contributed by atoms with Crippen molar-refractivity contribution in [1.82, 2.24) is 10.3 Å². The van der Waals surface area contributed by atoms with Crippen molar-refractivity contribution in [2.24, 2.45) is 0 Å².